The predicted molar refractivity (Wildman–Crippen MR) is 178 cm³/mol. The van der Waals surface area contributed by atoms with Gasteiger partial charge in [-0.25, -0.2) is 14.0 Å². The molecule has 4 aromatic rings. The van der Waals surface area contributed by atoms with Crippen LogP contribution in [0.4, 0.5) is 17.6 Å². The van der Waals surface area contributed by atoms with Gasteiger partial charge < -0.3 is 28.4 Å². The normalized spacial score (nSPS) is 15.7. The zero-order valence-corrected chi connectivity index (χ0v) is 28.2. The second kappa shape index (κ2) is 15.3. The highest BCUT2D eigenvalue weighted by molar-refractivity contribution is 6.25. The molecule has 13 heteroatoms. The summed E-state index contributed by atoms with van der Waals surface area (Å²) in [6, 6.07) is 18.7. The van der Waals surface area contributed by atoms with E-state index >= 15 is 0 Å². The van der Waals surface area contributed by atoms with Gasteiger partial charge in [0.2, 0.25) is 0 Å². The second-order valence-electron chi connectivity index (χ2n) is 12.3. The minimum atomic E-state index is -5.08. The SMILES string of the molecule is CCC1(COCCCCOc2ccc(C(=O)Oc3ccc4c(c3)C(Cl)c3cc(C(=O)Oc5ccc(OC(F)(F)F)c(F)c5)ccc3-4)cc2)COC1. The first-order valence-electron chi connectivity index (χ1n) is 16.2. The summed E-state index contributed by atoms with van der Waals surface area (Å²) < 4.78 is 82.7. The highest BCUT2D eigenvalue weighted by Crippen LogP contribution is 2.48. The lowest BCUT2D eigenvalue weighted by molar-refractivity contribution is -0.275. The van der Waals surface area contributed by atoms with Gasteiger partial charge in [-0.2, -0.15) is 0 Å². The molecule has 1 aliphatic heterocycles. The van der Waals surface area contributed by atoms with Gasteiger partial charge in [-0.05, 0) is 102 Å². The van der Waals surface area contributed by atoms with E-state index in [9.17, 15) is 27.2 Å². The fraction of sp³-hybridized carbons (Fsp3) is 0.316. The van der Waals surface area contributed by atoms with Crippen molar-refractivity contribution < 1.29 is 55.6 Å². The fourth-order valence-electron chi connectivity index (χ4n) is 5.71. The van der Waals surface area contributed by atoms with Crippen LogP contribution in [-0.4, -0.2) is 51.3 Å². The third kappa shape index (κ3) is 8.63. The third-order valence-electron chi connectivity index (χ3n) is 8.71. The van der Waals surface area contributed by atoms with Gasteiger partial charge in [-0.1, -0.05) is 19.1 Å². The number of benzene rings is 4. The molecule has 2 aliphatic rings. The van der Waals surface area contributed by atoms with E-state index in [2.05, 4.69) is 11.7 Å². The van der Waals surface area contributed by atoms with E-state index in [1.807, 2.05) is 0 Å². The van der Waals surface area contributed by atoms with Gasteiger partial charge in [0.15, 0.2) is 11.6 Å². The number of unbranched alkanes of at least 4 members (excludes halogenated alkanes) is 1. The average molecular weight is 729 g/mol. The minimum absolute atomic E-state index is 0.0800. The van der Waals surface area contributed by atoms with E-state index in [1.165, 1.54) is 12.1 Å². The average Bonchev–Trinajstić information content (AvgIpc) is 3.36. The van der Waals surface area contributed by atoms with Gasteiger partial charge in [0.1, 0.15) is 17.2 Å². The highest BCUT2D eigenvalue weighted by atomic mass is 35.5. The van der Waals surface area contributed by atoms with Crippen molar-refractivity contribution >= 4 is 23.5 Å². The quantitative estimate of drug-likeness (QED) is 0.0418. The first-order chi connectivity index (χ1) is 24.4. The van der Waals surface area contributed by atoms with Crippen LogP contribution in [0.25, 0.3) is 11.1 Å². The molecule has 8 nitrogen and oxygen atoms in total. The van der Waals surface area contributed by atoms with Crippen molar-refractivity contribution in [2.45, 2.75) is 37.9 Å². The van der Waals surface area contributed by atoms with Gasteiger partial charge in [-0.3, -0.25) is 0 Å². The maximum atomic E-state index is 14.1. The van der Waals surface area contributed by atoms with Crippen LogP contribution < -0.4 is 18.9 Å². The number of alkyl halides is 4. The minimum Gasteiger partial charge on any atom is -0.494 e. The molecule has 268 valence electrons. The summed E-state index contributed by atoms with van der Waals surface area (Å²) in [5, 5.41) is -0.703. The molecule has 1 aliphatic carbocycles. The lowest BCUT2D eigenvalue weighted by atomic mass is 9.84. The van der Waals surface area contributed by atoms with E-state index < -0.39 is 35.2 Å². The van der Waals surface area contributed by atoms with Gasteiger partial charge in [0.05, 0.1) is 42.9 Å². The summed E-state index contributed by atoms with van der Waals surface area (Å²) in [6.45, 7) is 5.59. The Labute approximate surface area is 296 Å². The summed E-state index contributed by atoms with van der Waals surface area (Å²) in [5.74, 6) is -3.26. The number of hydrogen-bond acceptors (Lipinski definition) is 8. The Bertz CT molecular complexity index is 1890. The first kappa shape index (κ1) is 36.2. The highest BCUT2D eigenvalue weighted by Gasteiger charge is 2.37. The van der Waals surface area contributed by atoms with Crippen LogP contribution in [0.15, 0.2) is 78.9 Å². The Morgan fingerprint density at radius 1 is 0.804 bits per heavy atom. The monoisotopic (exact) mass is 728 g/mol. The number of esters is 2. The molecule has 4 aromatic carbocycles. The van der Waals surface area contributed by atoms with Crippen LogP contribution >= 0.6 is 11.6 Å². The van der Waals surface area contributed by atoms with Gasteiger partial charge in [0, 0.05) is 18.1 Å². The maximum absolute atomic E-state index is 14.1. The maximum Gasteiger partial charge on any atom is 0.573 e. The molecule has 0 spiro atoms. The van der Waals surface area contributed by atoms with E-state index in [-0.39, 0.29) is 22.5 Å². The molecule has 0 N–H and O–H groups in total. The number of halogens is 5. The molecule has 1 heterocycles. The molecule has 0 saturated carbocycles. The van der Waals surface area contributed by atoms with Crippen molar-refractivity contribution in [3.05, 3.63) is 107 Å². The lowest BCUT2D eigenvalue weighted by Gasteiger charge is -2.40. The zero-order chi connectivity index (χ0) is 36.2. The summed E-state index contributed by atoms with van der Waals surface area (Å²) in [6.07, 6.45) is -2.33. The van der Waals surface area contributed by atoms with Crippen LogP contribution in [0, 0.1) is 11.2 Å². The van der Waals surface area contributed by atoms with Crippen LogP contribution in [0.5, 0.6) is 23.0 Å². The van der Waals surface area contributed by atoms with Gasteiger partial charge in [0.25, 0.3) is 0 Å². The molecular formula is C38H33ClF4O8. The molecule has 6 rings (SSSR count). The molecule has 1 unspecified atom stereocenters. The standard InChI is InChI=1S/C38H33ClF4O8/c1-2-37(21-47-22-37)20-46-15-3-4-16-48-25-8-5-23(6-9-25)35(44)49-26-10-13-29-28-12-7-24(17-30(28)34(39)31(29)18-26)36(45)50-27-11-14-33(32(40)19-27)51-38(41,42)43/h5-14,17-19,34H,2-4,15-16,20-22H2,1H3. The molecule has 1 atom stereocenters. The van der Waals surface area contributed by atoms with E-state index in [0.717, 1.165) is 56.3 Å². The van der Waals surface area contributed by atoms with Crippen LogP contribution in [0.2, 0.25) is 0 Å². The van der Waals surface area contributed by atoms with Gasteiger partial charge >= 0.3 is 18.3 Å². The van der Waals surface area contributed by atoms with Crippen LogP contribution in [0.1, 0.15) is 63.4 Å². The molecular weight excluding hydrogens is 696 g/mol. The largest absolute Gasteiger partial charge is 0.573 e. The third-order valence-corrected chi connectivity index (χ3v) is 9.18. The Morgan fingerprint density at radius 2 is 1.39 bits per heavy atom. The Morgan fingerprint density at radius 3 is 2.04 bits per heavy atom. The number of rotatable bonds is 14. The zero-order valence-electron chi connectivity index (χ0n) is 27.4. The molecule has 0 bridgehead atoms. The fourth-order valence-corrected chi connectivity index (χ4v) is 6.07. The number of carbonyl (C=O) groups is 2. The number of carbonyl (C=O) groups excluding carboxylic acids is 2. The Hall–Kier alpha value is -4.65. The van der Waals surface area contributed by atoms with E-state index in [1.54, 1.807) is 48.5 Å². The molecule has 51 heavy (non-hydrogen) atoms. The summed E-state index contributed by atoms with van der Waals surface area (Å²) in [7, 11) is 0. The molecule has 0 aromatic heterocycles. The van der Waals surface area contributed by atoms with E-state index in [0.29, 0.717) is 47.8 Å². The topological polar surface area (TPSA) is 89.5 Å². The van der Waals surface area contributed by atoms with Gasteiger partial charge in [-0.15, -0.1) is 24.8 Å². The number of fused-ring (bicyclic) bond motifs is 3. The summed E-state index contributed by atoms with van der Waals surface area (Å²) in [4.78, 5) is 25.7. The molecule has 1 saturated heterocycles. The van der Waals surface area contributed by atoms with Crippen molar-refractivity contribution in [2.24, 2.45) is 5.41 Å². The summed E-state index contributed by atoms with van der Waals surface area (Å²) >= 11 is 6.78. The van der Waals surface area contributed by atoms with E-state index in [4.69, 9.17) is 35.3 Å². The Kier molecular flexibility index (Phi) is 10.8. The van der Waals surface area contributed by atoms with Crippen molar-refractivity contribution in [1.29, 1.82) is 0 Å². The smallest absolute Gasteiger partial charge is 0.494 e. The molecule has 0 amide bonds. The number of hydrogen-bond donors (Lipinski definition) is 0. The van der Waals surface area contributed by atoms with Crippen molar-refractivity contribution in [1.82, 2.24) is 0 Å². The van der Waals surface area contributed by atoms with Crippen LogP contribution in [0.3, 0.4) is 0 Å². The molecule has 1 fully saturated rings. The molecule has 0 radical (unpaired) electrons. The van der Waals surface area contributed by atoms with Crippen LogP contribution in [-0.2, 0) is 9.47 Å². The van der Waals surface area contributed by atoms with Crippen molar-refractivity contribution in [3.63, 3.8) is 0 Å². The number of ether oxygens (including phenoxy) is 6. The lowest BCUT2D eigenvalue weighted by Crippen LogP contribution is -2.45. The first-order valence-corrected chi connectivity index (χ1v) is 16.7. The van der Waals surface area contributed by atoms with Crippen molar-refractivity contribution in [2.75, 3.05) is 33.0 Å². The summed E-state index contributed by atoms with van der Waals surface area (Å²) in [5.41, 5.74) is 3.35. The Balaban J connectivity index is 0.999. The second-order valence-corrected chi connectivity index (χ2v) is 12.7. The predicted octanol–water partition coefficient (Wildman–Crippen LogP) is 9.07. The van der Waals surface area contributed by atoms with Crippen molar-refractivity contribution in [3.8, 4) is 34.1 Å².